The molecule has 2 aromatic rings. The smallest absolute Gasteiger partial charge is 0.322 e. The zero-order valence-electron chi connectivity index (χ0n) is 12.1. The average molecular weight is 306 g/mol. The van der Waals surface area contributed by atoms with Gasteiger partial charge < -0.3 is 25.8 Å². The van der Waals surface area contributed by atoms with E-state index in [1.807, 2.05) is 13.0 Å². The largest absolute Gasteiger partial charge is 0.480 e. The summed E-state index contributed by atoms with van der Waals surface area (Å²) in [6.07, 6.45) is 4.70. The van der Waals surface area contributed by atoms with Gasteiger partial charge in [-0.05, 0) is 6.92 Å². The number of aliphatic carboxylic acids is 1. The van der Waals surface area contributed by atoms with E-state index in [1.165, 1.54) is 12.7 Å². The highest BCUT2D eigenvalue weighted by atomic mass is 16.4. The van der Waals surface area contributed by atoms with Crippen molar-refractivity contribution < 1.29 is 15.0 Å². The number of hydrogen-bond donors (Lipinski definition) is 4. The third-order valence-electron chi connectivity index (χ3n) is 3.08. The topological polar surface area (TPSA) is 139 Å². The van der Waals surface area contributed by atoms with E-state index < -0.39 is 12.0 Å². The van der Waals surface area contributed by atoms with Gasteiger partial charge in [0.05, 0.1) is 19.5 Å². The summed E-state index contributed by atoms with van der Waals surface area (Å²) in [5.41, 5.74) is 7.42. The lowest BCUT2D eigenvalue weighted by Gasteiger charge is -2.08. The number of aliphatic hydroxyl groups is 1. The second-order valence-corrected chi connectivity index (χ2v) is 4.83. The molecular formula is C13H18N6O3. The summed E-state index contributed by atoms with van der Waals surface area (Å²) in [6, 6.07) is -1.03. The Morgan fingerprint density at radius 3 is 2.95 bits per heavy atom. The second kappa shape index (κ2) is 6.96. The molecule has 0 radical (unpaired) electrons. The van der Waals surface area contributed by atoms with E-state index >= 15 is 0 Å². The molecule has 0 aliphatic carbocycles. The number of aromatic nitrogens is 4. The minimum Gasteiger partial charge on any atom is -0.480 e. The van der Waals surface area contributed by atoms with Gasteiger partial charge in [-0.3, -0.25) is 4.79 Å². The SMILES string of the molecule is CC(=CCNc1ncnc2c1ncn2C[C@H](N)C(=O)O)CO. The number of carboxylic acid groups (broad SMARTS) is 1. The van der Waals surface area contributed by atoms with Crippen LogP contribution in [0.25, 0.3) is 11.2 Å². The summed E-state index contributed by atoms with van der Waals surface area (Å²) in [6.45, 7) is 2.38. The lowest BCUT2D eigenvalue weighted by molar-refractivity contribution is -0.138. The number of aliphatic hydroxyl groups excluding tert-OH is 1. The summed E-state index contributed by atoms with van der Waals surface area (Å²) in [4.78, 5) is 23.3. The summed E-state index contributed by atoms with van der Waals surface area (Å²) in [5, 5.41) is 20.9. The third-order valence-corrected chi connectivity index (χ3v) is 3.08. The molecule has 0 saturated carbocycles. The third kappa shape index (κ3) is 3.57. The number of nitrogens with two attached hydrogens (primary N) is 1. The molecule has 0 aromatic carbocycles. The molecule has 0 saturated heterocycles. The first-order chi connectivity index (χ1) is 10.5. The Hall–Kier alpha value is -2.52. The highest BCUT2D eigenvalue weighted by Crippen LogP contribution is 2.17. The van der Waals surface area contributed by atoms with Crippen molar-refractivity contribution >= 4 is 23.0 Å². The maximum Gasteiger partial charge on any atom is 0.322 e. The first-order valence-corrected chi connectivity index (χ1v) is 6.67. The van der Waals surface area contributed by atoms with Crippen LogP contribution in [0.5, 0.6) is 0 Å². The maximum absolute atomic E-state index is 10.8. The number of carboxylic acids is 1. The van der Waals surface area contributed by atoms with E-state index in [1.54, 1.807) is 4.57 Å². The molecule has 2 heterocycles. The number of fused-ring (bicyclic) bond motifs is 1. The number of nitrogens with one attached hydrogen (secondary N) is 1. The predicted molar refractivity (Wildman–Crippen MR) is 80.3 cm³/mol. The molecule has 0 spiro atoms. The van der Waals surface area contributed by atoms with Gasteiger partial charge >= 0.3 is 5.97 Å². The van der Waals surface area contributed by atoms with Crippen LogP contribution in [0.2, 0.25) is 0 Å². The second-order valence-electron chi connectivity index (χ2n) is 4.83. The molecule has 5 N–H and O–H groups in total. The van der Waals surface area contributed by atoms with Gasteiger partial charge in [0.2, 0.25) is 0 Å². The number of anilines is 1. The van der Waals surface area contributed by atoms with Crippen LogP contribution < -0.4 is 11.1 Å². The average Bonchev–Trinajstić information content (AvgIpc) is 2.91. The molecule has 2 rings (SSSR count). The number of hydrogen-bond acceptors (Lipinski definition) is 7. The molecule has 22 heavy (non-hydrogen) atoms. The number of carbonyl (C=O) groups is 1. The Kier molecular flexibility index (Phi) is 5.02. The van der Waals surface area contributed by atoms with Crippen LogP contribution in [-0.2, 0) is 11.3 Å². The van der Waals surface area contributed by atoms with Gasteiger partial charge in [-0.1, -0.05) is 11.6 Å². The normalized spacial score (nSPS) is 13.3. The van der Waals surface area contributed by atoms with Gasteiger partial charge in [0, 0.05) is 6.54 Å². The van der Waals surface area contributed by atoms with Gasteiger partial charge in [0.1, 0.15) is 17.9 Å². The highest BCUT2D eigenvalue weighted by molar-refractivity contribution is 5.83. The zero-order valence-corrected chi connectivity index (χ0v) is 12.1. The Balaban J connectivity index is 2.20. The van der Waals surface area contributed by atoms with Gasteiger partial charge in [-0.2, -0.15) is 0 Å². The van der Waals surface area contributed by atoms with Crippen molar-refractivity contribution in [1.29, 1.82) is 0 Å². The van der Waals surface area contributed by atoms with Crippen LogP contribution in [0.3, 0.4) is 0 Å². The Bertz CT molecular complexity index is 696. The van der Waals surface area contributed by atoms with Crippen LogP contribution in [0.15, 0.2) is 24.3 Å². The van der Waals surface area contributed by atoms with E-state index in [-0.39, 0.29) is 13.2 Å². The van der Waals surface area contributed by atoms with Gasteiger partial charge in [-0.25, -0.2) is 15.0 Å². The van der Waals surface area contributed by atoms with Crippen LogP contribution in [0.4, 0.5) is 5.82 Å². The molecule has 9 nitrogen and oxygen atoms in total. The number of imidazole rings is 1. The lowest BCUT2D eigenvalue weighted by Crippen LogP contribution is -2.34. The first-order valence-electron chi connectivity index (χ1n) is 6.67. The summed E-state index contributed by atoms with van der Waals surface area (Å²) in [5.74, 6) is -0.548. The van der Waals surface area contributed by atoms with Crippen LogP contribution in [0.1, 0.15) is 6.92 Å². The minimum absolute atomic E-state index is 0.00255. The van der Waals surface area contributed by atoms with E-state index in [2.05, 4.69) is 20.3 Å². The molecule has 118 valence electrons. The molecule has 9 heteroatoms. The van der Waals surface area contributed by atoms with Gasteiger partial charge in [0.15, 0.2) is 11.5 Å². The van der Waals surface area contributed by atoms with Crippen molar-refractivity contribution in [2.24, 2.45) is 5.73 Å². The van der Waals surface area contributed by atoms with Crippen LogP contribution >= 0.6 is 0 Å². The van der Waals surface area contributed by atoms with Crippen molar-refractivity contribution in [3.05, 3.63) is 24.3 Å². The number of rotatable bonds is 7. The summed E-state index contributed by atoms with van der Waals surface area (Å²) >= 11 is 0. The Morgan fingerprint density at radius 1 is 1.50 bits per heavy atom. The van der Waals surface area contributed by atoms with Crippen LogP contribution in [-0.4, -0.2) is 54.9 Å². The molecule has 0 aliphatic rings. The fourth-order valence-corrected chi connectivity index (χ4v) is 1.82. The van der Waals surface area contributed by atoms with Crippen molar-refractivity contribution in [2.75, 3.05) is 18.5 Å². The van der Waals surface area contributed by atoms with Crippen LogP contribution in [0, 0.1) is 0 Å². The van der Waals surface area contributed by atoms with E-state index in [9.17, 15) is 4.79 Å². The van der Waals surface area contributed by atoms with Gasteiger partial charge in [0.25, 0.3) is 0 Å². The molecule has 0 unspecified atom stereocenters. The summed E-state index contributed by atoms with van der Waals surface area (Å²) in [7, 11) is 0. The molecule has 0 fully saturated rings. The fraction of sp³-hybridized carbons (Fsp3) is 0.385. The standard InChI is InChI=1S/C13H18N6O3/c1-8(5-20)2-3-15-11-10-12(17-6-16-11)19(7-18-10)4-9(14)13(21)22/h2,6-7,9,20H,3-5,14H2,1H3,(H,21,22)(H,15,16,17)/t9-/m0/s1. The molecule has 0 amide bonds. The lowest BCUT2D eigenvalue weighted by atomic mass is 10.3. The van der Waals surface area contributed by atoms with E-state index in [4.69, 9.17) is 15.9 Å². The first kappa shape index (κ1) is 15.9. The minimum atomic E-state index is -1.08. The van der Waals surface area contributed by atoms with Crippen molar-refractivity contribution in [3.8, 4) is 0 Å². The van der Waals surface area contributed by atoms with Crippen molar-refractivity contribution in [3.63, 3.8) is 0 Å². The molecule has 1 atom stereocenters. The fourth-order valence-electron chi connectivity index (χ4n) is 1.82. The van der Waals surface area contributed by atoms with Crippen molar-refractivity contribution in [2.45, 2.75) is 19.5 Å². The Labute approximate surface area is 126 Å². The Morgan fingerprint density at radius 2 is 2.27 bits per heavy atom. The van der Waals surface area contributed by atoms with E-state index in [0.29, 0.717) is 23.5 Å². The predicted octanol–water partition coefficient (Wildman–Crippen LogP) is -0.411. The molecule has 0 bridgehead atoms. The maximum atomic E-state index is 10.8. The summed E-state index contributed by atoms with van der Waals surface area (Å²) < 4.78 is 1.58. The molecule has 2 aromatic heterocycles. The molecule has 0 aliphatic heterocycles. The zero-order chi connectivity index (χ0) is 16.1. The quantitative estimate of drug-likeness (QED) is 0.506. The molecular weight excluding hydrogens is 288 g/mol. The number of nitrogens with zero attached hydrogens (tertiary/aromatic N) is 4. The van der Waals surface area contributed by atoms with Crippen molar-refractivity contribution in [1.82, 2.24) is 19.5 Å². The highest BCUT2D eigenvalue weighted by Gasteiger charge is 2.16. The van der Waals surface area contributed by atoms with Gasteiger partial charge in [-0.15, -0.1) is 0 Å². The monoisotopic (exact) mass is 306 g/mol. The van der Waals surface area contributed by atoms with E-state index in [0.717, 1.165) is 5.57 Å².